The van der Waals surface area contributed by atoms with E-state index in [1.54, 1.807) is 0 Å². The van der Waals surface area contributed by atoms with Crippen molar-refractivity contribution in [3.63, 3.8) is 0 Å². The first-order valence-corrected chi connectivity index (χ1v) is 5.19. The molecule has 1 aliphatic rings. The van der Waals surface area contributed by atoms with Gasteiger partial charge < -0.3 is 9.47 Å². The number of hydrogen-bond donors (Lipinski definition) is 0. The van der Waals surface area contributed by atoms with Gasteiger partial charge in [0.1, 0.15) is 6.10 Å². The molecule has 16 heavy (non-hydrogen) atoms. The minimum absolute atomic E-state index is 0.0613. The molecular formula is C11H13N3O2. The van der Waals surface area contributed by atoms with Gasteiger partial charge in [-0.05, 0) is 11.1 Å². The molecule has 2 unspecified atom stereocenters. The predicted molar refractivity (Wildman–Crippen MR) is 58.9 cm³/mol. The second-order valence-corrected chi connectivity index (χ2v) is 3.61. The highest BCUT2D eigenvalue weighted by Crippen LogP contribution is 2.23. The Hall–Kier alpha value is -1.55. The first kappa shape index (κ1) is 11.0. The Morgan fingerprint density at radius 3 is 2.88 bits per heavy atom. The van der Waals surface area contributed by atoms with Crippen LogP contribution in [0.2, 0.25) is 0 Å². The zero-order valence-electron chi connectivity index (χ0n) is 8.82. The van der Waals surface area contributed by atoms with Crippen molar-refractivity contribution in [2.45, 2.75) is 12.2 Å². The maximum absolute atomic E-state index is 8.24. The van der Waals surface area contributed by atoms with E-state index in [1.165, 1.54) is 0 Å². The van der Waals surface area contributed by atoms with Crippen molar-refractivity contribution in [1.82, 2.24) is 0 Å². The van der Waals surface area contributed by atoms with E-state index < -0.39 is 0 Å². The van der Waals surface area contributed by atoms with Crippen LogP contribution in [-0.2, 0) is 9.47 Å². The topological polar surface area (TPSA) is 67.2 Å². The zero-order valence-corrected chi connectivity index (χ0v) is 8.82. The van der Waals surface area contributed by atoms with Gasteiger partial charge in [0.25, 0.3) is 0 Å². The Labute approximate surface area is 93.6 Å². The van der Waals surface area contributed by atoms with Crippen molar-refractivity contribution >= 4 is 0 Å². The van der Waals surface area contributed by atoms with Crippen LogP contribution in [0.15, 0.2) is 35.4 Å². The van der Waals surface area contributed by atoms with Gasteiger partial charge in [0.05, 0.1) is 25.9 Å². The molecule has 1 fully saturated rings. The number of nitrogens with zero attached hydrogens (tertiary/aromatic N) is 3. The summed E-state index contributed by atoms with van der Waals surface area (Å²) in [5, 5.41) is 3.50. The fourth-order valence-electron chi connectivity index (χ4n) is 1.68. The van der Waals surface area contributed by atoms with Gasteiger partial charge in [-0.2, -0.15) is 0 Å². The van der Waals surface area contributed by atoms with Crippen LogP contribution in [0.5, 0.6) is 0 Å². The molecule has 0 saturated carbocycles. The molecule has 2 rings (SSSR count). The lowest BCUT2D eigenvalue weighted by Gasteiger charge is -2.29. The van der Waals surface area contributed by atoms with Gasteiger partial charge in [0.2, 0.25) is 0 Å². The van der Waals surface area contributed by atoms with Gasteiger partial charge in [-0.3, -0.25) is 0 Å². The highest BCUT2D eigenvalue weighted by molar-refractivity contribution is 5.18. The van der Waals surface area contributed by atoms with Gasteiger partial charge in [0.15, 0.2) is 0 Å². The molecule has 1 aromatic rings. The highest BCUT2D eigenvalue weighted by Gasteiger charge is 2.23. The lowest BCUT2D eigenvalue weighted by molar-refractivity contribution is -0.135. The van der Waals surface area contributed by atoms with Gasteiger partial charge >= 0.3 is 0 Å². The van der Waals surface area contributed by atoms with E-state index in [0.29, 0.717) is 19.8 Å². The van der Waals surface area contributed by atoms with Crippen molar-refractivity contribution < 1.29 is 9.47 Å². The molecule has 1 heterocycles. The quantitative estimate of drug-likeness (QED) is 0.445. The molecule has 0 spiro atoms. The monoisotopic (exact) mass is 219 g/mol. The molecule has 1 aliphatic heterocycles. The van der Waals surface area contributed by atoms with Gasteiger partial charge in [0, 0.05) is 4.91 Å². The number of hydrogen-bond acceptors (Lipinski definition) is 3. The molecule has 84 valence electrons. The summed E-state index contributed by atoms with van der Waals surface area (Å²) in [6.45, 7) is 1.36. The van der Waals surface area contributed by atoms with E-state index in [-0.39, 0.29) is 12.2 Å². The average Bonchev–Trinajstić information content (AvgIpc) is 2.38. The second kappa shape index (κ2) is 5.51. The van der Waals surface area contributed by atoms with Crippen LogP contribution < -0.4 is 0 Å². The van der Waals surface area contributed by atoms with Gasteiger partial charge in [-0.25, -0.2) is 0 Å². The van der Waals surface area contributed by atoms with E-state index in [2.05, 4.69) is 10.0 Å². The first-order valence-electron chi connectivity index (χ1n) is 5.19. The van der Waals surface area contributed by atoms with E-state index in [4.69, 9.17) is 15.0 Å². The minimum atomic E-state index is -0.144. The largest absolute Gasteiger partial charge is 0.376 e. The summed E-state index contributed by atoms with van der Waals surface area (Å²) < 4.78 is 11.2. The van der Waals surface area contributed by atoms with E-state index in [0.717, 1.165) is 5.56 Å². The molecule has 0 radical (unpaired) electrons. The summed E-state index contributed by atoms with van der Waals surface area (Å²) in [7, 11) is 0. The third-order valence-electron chi connectivity index (χ3n) is 2.45. The summed E-state index contributed by atoms with van der Waals surface area (Å²) in [5.41, 5.74) is 9.33. The average molecular weight is 219 g/mol. The predicted octanol–water partition coefficient (Wildman–Crippen LogP) is 2.45. The highest BCUT2D eigenvalue weighted by atomic mass is 16.6. The number of rotatable bonds is 3. The minimum Gasteiger partial charge on any atom is -0.376 e. The molecule has 1 aromatic carbocycles. The fraction of sp³-hybridized carbons (Fsp3) is 0.455. The molecule has 0 aliphatic carbocycles. The van der Waals surface area contributed by atoms with E-state index in [9.17, 15) is 0 Å². The Balaban J connectivity index is 1.99. The van der Waals surface area contributed by atoms with Crippen LogP contribution in [0.25, 0.3) is 10.4 Å². The van der Waals surface area contributed by atoms with Crippen molar-refractivity contribution in [2.24, 2.45) is 5.11 Å². The fourth-order valence-corrected chi connectivity index (χ4v) is 1.68. The van der Waals surface area contributed by atoms with Crippen molar-refractivity contribution in [2.75, 3.05) is 19.8 Å². The van der Waals surface area contributed by atoms with E-state index >= 15 is 0 Å². The number of ether oxygens (including phenoxy) is 2. The molecule has 5 nitrogen and oxygen atoms in total. The van der Waals surface area contributed by atoms with Crippen LogP contribution in [0.1, 0.15) is 11.7 Å². The third kappa shape index (κ3) is 2.73. The van der Waals surface area contributed by atoms with Crippen molar-refractivity contribution in [1.29, 1.82) is 0 Å². The normalized spacial score (nSPS) is 24.8. The molecule has 1 saturated heterocycles. The van der Waals surface area contributed by atoms with Crippen LogP contribution in [0.4, 0.5) is 0 Å². The SMILES string of the molecule is [N-]=[N+]=NCC1COCC(c2ccccc2)O1. The smallest absolute Gasteiger partial charge is 0.106 e. The molecule has 0 amide bonds. The van der Waals surface area contributed by atoms with E-state index in [1.807, 2.05) is 30.3 Å². The van der Waals surface area contributed by atoms with Crippen LogP contribution in [-0.4, -0.2) is 25.9 Å². The third-order valence-corrected chi connectivity index (χ3v) is 2.45. The summed E-state index contributed by atoms with van der Waals surface area (Å²) in [6, 6.07) is 9.91. The summed E-state index contributed by atoms with van der Waals surface area (Å²) in [5.74, 6) is 0. The van der Waals surface area contributed by atoms with Gasteiger partial charge in [-0.1, -0.05) is 35.4 Å². The molecule has 5 heteroatoms. The molecule has 2 atom stereocenters. The summed E-state index contributed by atoms with van der Waals surface area (Å²) in [4.78, 5) is 2.72. The first-order chi connectivity index (χ1) is 7.90. The molecule has 0 aromatic heterocycles. The standard InChI is InChI=1S/C11H13N3O2/c12-14-13-6-10-7-15-8-11(16-10)9-4-2-1-3-5-9/h1-5,10-11H,6-8H2. The Kier molecular flexibility index (Phi) is 3.77. The van der Waals surface area contributed by atoms with Gasteiger partial charge in [-0.15, -0.1) is 0 Å². The zero-order chi connectivity index (χ0) is 11.2. The molecule has 0 N–H and O–H groups in total. The Morgan fingerprint density at radius 1 is 1.31 bits per heavy atom. The van der Waals surface area contributed by atoms with Crippen molar-refractivity contribution in [3.05, 3.63) is 46.3 Å². The summed E-state index contributed by atoms with van der Waals surface area (Å²) >= 11 is 0. The number of azide groups is 1. The second-order valence-electron chi connectivity index (χ2n) is 3.61. The Morgan fingerprint density at radius 2 is 2.12 bits per heavy atom. The lowest BCUT2D eigenvalue weighted by Crippen LogP contribution is -2.33. The van der Waals surface area contributed by atoms with Crippen LogP contribution >= 0.6 is 0 Å². The van der Waals surface area contributed by atoms with Crippen LogP contribution in [0, 0.1) is 0 Å². The Bertz CT molecular complexity index is 376. The maximum Gasteiger partial charge on any atom is 0.106 e. The molecular weight excluding hydrogens is 206 g/mol. The molecule has 0 bridgehead atoms. The lowest BCUT2D eigenvalue weighted by atomic mass is 10.1. The maximum atomic E-state index is 8.24. The van der Waals surface area contributed by atoms with Crippen molar-refractivity contribution in [3.8, 4) is 0 Å². The summed E-state index contributed by atoms with van der Waals surface area (Å²) in [6.07, 6.45) is -0.205. The number of benzene rings is 1. The van der Waals surface area contributed by atoms with Crippen LogP contribution in [0.3, 0.4) is 0 Å².